The maximum absolute atomic E-state index is 8.63. The van der Waals surface area contributed by atoms with Gasteiger partial charge in [-0.3, -0.25) is 0 Å². The van der Waals surface area contributed by atoms with Crippen molar-refractivity contribution in [2.24, 2.45) is 5.92 Å². The molecule has 0 aliphatic heterocycles. The zero-order valence-corrected chi connectivity index (χ0v) is 8.60. The smallest absolute Gasteiger partial charge is 0.0535 e. The third kappa shape index (κ3) is 24.6. The van der Waals surface area contributed by atoms with Crippen molar-refractivity contribution >= 4 is 0 Å². The second-order valence-corrected chi connectivity index (χ2v) is 1.98. The molecule has 0 saturated carbocycles. The van der Waals surface area contributed by atoms with E-state index in [2.05, 4.69) is 0 Å². The Morgan fingerprint density at radius 2 is 0.900 bits per heavy atom. The van der Waals surface area contributed by atoms with Gasteiger partial charge in [-0.05, 0) is 12.8 Å². The highest BCUT2D eigenvalue weighted by Crippen LogP contribution is 1.96. The van der Waals surface area contributed by atoms with Gasteiger partial charge in [-0.2, -0.15) is 0 Å². The summed E-state index contributed by atoms with van der Waals surface area (Å²) < 4.78 is 0. The quantitative estimate of drug-likeness (QED) is 0.606. The van der Waals surface area contributed by atoms with E-state index >= 15 is 0 Å². The van der Waals surface area contributed by atoms with Crippen LogP contribution in [0.1, 0.15) is 48.5 Å². The van der Waals surface area contributed by atoms with Crippen molar-refractivity contribution in [1.82, 2.24) is 0 Å². The maximum atomic E-state index is 8.63. The summed E-state index contributed by atoms with van der Waals surface area (Å²) in [6.07, 6.45) is -0.148. The first-order valence-corrected chi connectivity index (χ1v) is 4.32. The molecule has 0 amide bonds. The first-order chi connectivity index (χ1) is 4.64. The van der Waals surface area contributed by atoms with Gasteiger partial charge in [-0.15, -0.1) is 0 Å². The fourth-order valence-electron chi connectivity index (χ4n) is 0. The Morgan fingerprint density at radius 3 is 0.900 bits per heavy atom. The van der Waals surface area contributed by atoms with Crippen LogP contribution < -0.4 is 0 Å². The standard InChI is InChI=1S/C5H12O.2C2H6/c1-4(2)5(3)6;2*1-2/h4-6H,1-3H3;2*1-2H3. The molecule has 0 bridgehead atoms. The fourth-order valence-corrected chi connectivity index (χ4v) is 0. The second-order valence-electron chi connectivity index (χ2n) is 1.98. The number of aliphatic hydroxyl groups is 1. The molecule has 0 aliphatic rings. The number of aliphatic hydroxyl groups excluding tert-OH is 1. The Morgan fingerprint density at radius 1 is 0.800 bits per heavy atom. The Balaban J connectivity index is -0.000000105. The topological polar surface area (TPSA) is 20.2 Å². The van der Waals surface area contributed by atoms with Gasteiger partial charge in [-0.1, -0.05) is 41.5 Å². The molecule has 1 unspecified atom stereocenters. The predicted molar refractivity (Wildman–Crippen MR) is 49.2 cm³/mol. The molecule has 0 rings (SSSR count). The van der Waals surface area contributed by atoms with Crippen molar-refractivity contribution < 1.29 is 5.11 Å². The van der Waals surface area contributed by atoms with E-state index in [0.29, 0.717) is 5.92 Å². The molecule has 1 heteroatoms. The minimum absolute atomic E-state index is 0.148. The van der Waals surface area contributed by atoms with E-state index in [1.165, 1.54) is 0 Å². The minimum Gasteiger partial charge on any atom is -0.393 e. The summed E-state index contributed by atoms with van der Waals surface area (Å²) in [6.45, 7) is 13.8. The van der Waals surface area contributed by atoms with Crippen molar-refractivity contribution in [2.45, 2.75) is 54.6 Å². The average Bonchev–Trinajstić information content (AvgIpc) is 1.96. The van der Waals surface area contributed by atoms with Crippen LogP contribution in [-0.2, 0) is 0 Å². The lowest BCUT2D eigenvalue weighted by molar-refractivity contribution is 0.144. The second kappa shape index (κ2) is 16.0. The van der Waals surface area contributed by atoms with Gasteiger partial charge in [0.05, 0.1) is 6.10 Å². The largest absolute Gasteiger partial charge is 0.393 e. The van der Waals surface area contributed by atoms with Crippen molar-refractivity contribution in [2.75, 3.05) is 0 Å². The van der Waals surface area contributed by atoms with Gasteiger partial charge in [0.25, 0.3) is 0 Å². The molecule has 1 N–H and O–H groups in total. The summed E-state index contributed by atoms with van der Waals surface area (Å²) in [5, 5.41) is 8.63. The molecule has 0 heterocycles. The van der Waals surface area contributed by atoms with Gasteiger partial charge < -0.3 is 5.11 Å². The van der Waals surface area contributed by atoms with E-state index in [0.717, 1.165) is 0 Å². The normalized spacial score (nSPS) is 10.5. The summed E-state index contributed by atoms with van der Waals surface area (Å²) in [7, 11) is 0. The van der Waals surface area contributed by atoms with E-state index in [1.54, 1.807) is 6.92 Å². The van der Waals surface area contributed by atoms with Crippen LogP contribution in [0.3, 0.4) is 0 Å². The molecule has 0 aromatic carbocycles. The third-order valence-corrected chi connectivity index (χ3v) is 0.965. The zero-order valence-electron chi connectivity index (χ0n) is 8.60. The first-order valence-electron chi connectivity index (χ1n) is 4.32. The summed E-state index contributed by atoms with van der Waals surface area (Å²) >= 11 is 0. The molecule has 0 aromatic heterocycles. The molecule has 1 atom stereocenters. The molecule has 0 saturated heterocycles. The summed E-state index contributed by atoms with van der Waals surface area (Å²) in [4.78, 5) is 0. The summed E-state index contributed by atoms with van der Waals surface area (Å²) in [6, 6.07) is 0. The maximum Gasteiger partial charge on any atom is 0.0535 e. The fraction of sp³-hybridized carbons (Fsp3) is 1.00. The monoisotopic (exact) mass is 148 g/mol. The lowest BCUT2D eigenvalue weighted by atomic mass is 10.1. The molecule has 0 fully saturated rings. The van der Waals surface area contributed by atoms with E-state index in [1.807, 2.05) is 41.5 Å². The molecular weight excluding hydrogens is 124 g/mol. The van der Waals surface area contributed by atoms with Gasteiger partial charge in [0, 0.05) is 0 Å². The molecular formula is C9H24O. The van der Waals surface area contributed by atoms with E-state index < -0.39 is 0 Å². The number of rotatable bonds is 1. The van der Waals surface area contributed by atoms with Crippen LogP contribution in [0.25, 0.3) is 0 Å². The van der Waals surface area contributed by atoms with Crippen LogP contribution in [-0.4, -0.2) is 11.2 Å². The van der Waals surface area contributed by atoms with Crippen LogP contribution in [0.4, 0.5) is 0 Å². The third-order valence-electron chi connectivity index (χ3n) is 0.965. The van der Waals surface area contributed by atoms with Crippen LogP contribution in [0.15, 0.2) is 0 Å². The molecule has 1 nitrogen and oxygen atoms in total. The van der Waals surface area contributed by atoms with Gasteiger partial charge in [0.15, 0.2) is 0 Å². The van der Waals surface area contributed by atoms with Gasteiger partial charge in [0.2, 0.25) is 0 Å². The number of hydrogen-bond acceptors (Lipinski definition) is 1. The van der Waals surface area contributed by atoms with Gasteiger partial charge in [-0.25, -0.2) is 0 Å². The highest BCUT2D eigenvalue weighted by Gasteiger charge is 1.97. The van der Waals surface area contributed by atoms with Gasteiger partial charge >= 0.3 is 0 Å². The highest BCUT2D eigenvalue weighted by molar-refractivity contribution is 4.48. The zero-order chi connectivity index (χ0) is 9.15. The highest BCUT2D eigenvalue weighted by atomic mass is 16.3. The van der Waals surface area contributed by atoms with Crippen LogP contribution >= 0.6 is 0 Å². The Labute approximate surface area is 66.5 Å². The van der Waals surface area contributed by atoms with E-state index in [-0.39, 0.29) is 6.10 Å². The molecule has 0 spiro atoms. The van der Waals surface area contributed by atoms with Crippen molar-refractivity contribution in [3.8, 4) is 0 Å². The van der Waals surface area contributed by atoms with Crippen molar-refractivity contribution in [3.63, 3.8) is 0 Å². The predicted octanol–water partition coefficient (Wildman–Crippen LogP) is 3.08. The average molecular weight is 148 g/mol. The molecule has 0 radical (unpaired) electrons. The van der Waals surface area contributed by atoms with E-state index in [9.17, 15) is 0 Å². The SMILES string of the molecule is CC.CC.CC(C)C(C)O. The number of hydrogen-bond donors (Lipinski definition) is 1. The van der Waals surface area contributed by atoms with Crippen LogP contribution in [0.5, 0.6) is 0 Å². The lowest BCUT2D eigenvalue weighted by Gasteiger charge is -2.04. The molecule has 10 heavy (non-hydrogen) atoms. The van der Waals surface area contributed by atoms with E-state index in [4.69, 9.17) is 5.11 Å². The van der Waals surface area contributed by atoms with Crippen molar-refractivity contribution in [1.29, 1.82) is 0 Å². The summed E-state index contributed by atoms with van der Waals surface area (Å²) in [5.74, 6) is 0.407. The first kappa shape index (κ1) is 16.5. The summed E-state index contributed by atoms with van der Waals surface area (Å²) in [5.41, 5.74) is 0. The van der Waals surface area contributed by atoms with Gasteiger partial charge in [0.1, 0.15) is 0 Å². The minimum atomic E-state index is -0.148. The molecule has 0 aliphatic carbocycles. The Kier molecular flexibility index (Phi) is 26.4. The van der Waals surface area contributed by atoms with Crippen LogP contribution in [0, 0.1) is 5.92 Å². The Bertz CT molecular complexity index is 25.7. The Hall–Kier alpha value is -0.0400. The van der Waals surface area contributed by atoms with Crippen LogP contribution in [0.2, 0.25) is 0 Å². The van der Waals surface area contributed by atoms with Crippen molar-refractivity contribution in [3.05, 3.63) is 0 Å². The molecule has 0 aromatic rings. The molecule has 66 valence electrons. The lowest BCUT2D eigenvalue weighted by Crippen LogP contribution is -2.07.